The SMILES string of the molecule is CCc1cccc(OCC2C(O)CCN2C)n1. The van der Waals surface area contributed by atoms with E-state index in [1.165, 1.54) is 0 Å². The summed E-state index contributed by atoms with van der Waals surface area (Å²) in [5.41, 5.74) is 1.03. The zero-order chi connectivity index (χ0) is 12.3. The van der Waals surface area contributed by atoms with Crippen LogP contribution in [-0.2, 0) is 6.42 Å². The van der Waals surface area contributed by atoms with Crippen molar-refractivity contribution in [2.45, 2.75) is 31.9 Å². The maximum atomic E-state index is 9.80. The lowest BCUT2D eigenvalue weighted by atomic mass is 10.2. The van der Waals surface area contributed by atoms with Gasteiger partial charge in [0.2, 0.25) is 5.88 Å². The van der Waals surface area contributed by atoms with E-state index in [4.69, 9.17) is 4.74 Å². The third-order valence-corrected chi connectivity index (χ3v) is 3.33. The summed E-state index contributed by atoms with van der Waals surface area (Å²) in [5, 5.41) is 9.80. The van der Waals surface area contributed by atoms with E-state index in [1.807, 2.05) is 25.2 Å². The van der Waals surface area contributed by atoms with Gasteiger partial charge in [0.25, 0.3) is 0 Å². The van der Waals surface area contributed by atoms with E-state index in [0.717, 1.165) is 25.1 Å². The number of likely N-dealkylation sites (N-methyl/N-ethyl adjacent to an activating group) is 1. The number of pyridine rings is 1. The number of nitrogens with zero attached hydrogens (tertiary/aromatic N) is 2. The topological polar surface area (TPSA) is 45.6 Å². The van der Waals surface area contributed by atoms with Gasteiger partial charge in [-0.1, -0.05) is 13.0 Å². The predicted molar refractivity (Wildman–Crippen MR) is 66.2 cm³/mol. The molecule has 4 heteroatoms. The number of aliphatic hydroxyl groups is 1. The summed E-state index contributed by atoms with van der Waals surface area (Å²) in [6.07, 6.45) is 1.45. The molecule has 2 unspecified atom stereocenters. The highest BCUT2D eigenvalue weighted by Gasteiger charge is 2.30. The Morgan fingerprint density at radius 3 is 3.00 bits per heavy atom. The number of hydrogen-bond donors (Lipinski definition) is 1. The Bertz CT molecular complexity index is 360. The summed E-state index contributed by atoms with van der Waals surface area (Å²) in [5.74, 6) is 0.650. The number of likely N-dealkylation sites (tertiary alicyclic amines) is 1. The minimum Gasteiger partial charge on any atom is -0.476 e. The molecule has 0 spiro atoms. The fraction of sp³-hybridized carbons (Fsp3) is 0.615. The van der Waals surface area contributed by atoms with Gasteiger partial charge in [0.05, 0.1) is 12.1 Å². The molecule has 2 atom stereocenters. The Morgan fingerprint density at radius 1 is 1.53 bits per heavy atom. The number of hydrogen-bond acceptors (Lipinski definition) is 4. The van der Waals surface area contributed by atoms with Crippen molar-refractivity contribution in [3.05, 3.63) is 23.9 Å². The third kappa shape index (κ3) is 2.96. The van der Waals surface area contributed by atoms with E-state index in [1.54, 1.807) is 0 Å². The molecule has 0 saturated carbocycles. The lowest BCUT2D eigenvalue weighted by Gasteiger charge is -2.21. The molecule has 1 aliphatic rings. The smallest absolute Gasteiger partial charge is 0.213 e. The van der Waals surface area contributed by atoms with Gasteiger partial charge in [-0.3, -0.25) is 4.90 Å². The molecule has 1 aromatic heterocycles. The quantitative estimate of drug-likeness (QED) is 0.850. The Balaban J connectivity index is 1.92. The summed E-state index contributed by atoms with van der Waals surface area (Å²) < 4.78 is 5.66. The van der Waals surface area contributed by atoms with Crippen LogP contribution in [-0.4, -0.2) is 47.3 Å². The molecule has 0 aliphatic carbocycles. The first kappa shape index (κ1) is 12.3. The van der Waals surface area contributed by atoms with Crippen LogP contribution in [0.25, 0.3) is 0 Å². The van der Waals surface area contributed by atoms with Gasteiger partial charge >= 0.3 is 0 Å². The van der Waals surface area contributed by atoms with E-state index < -0.39 is 0 Å². The van der Waals surface area contributed by atoms with E-state index in [9.17, 15) is 5.11 Å². The molecular formula is C13H20N2O2. The second kappa shape index (κ2) is 5.47. The Morgan fingerprint density at radius 2 is 2.35 bits per heavy atom. The molecule has 1 saturated heterocycles. The van der Waals surface area contributed by atoms with Crippen LogP contribution in [0.15, 0.2) is 18.2 Å². The summed E-state index contributed by atoms with van der Waals surface area (Å²) in [6.45, 7) is 3.50. The second-order valence-electron chi connectivity index (χ2n) is 4.54. The molecule has 0 bridgehead atoms. The maximum absolute atomic E-state index is 9.80. The van der Waals surface area contributed by atoms with Gasteiger partial charge in [-0.25, -0.2) is 4.98 Å². The van der Waals surface area contributed by atoms with E-state index >= 15 is 0 Å². The third-order valence-electron chi connectivity index (χ3n) is 3.33. The van der Waals surface area contributed by atoms with Crippen LogP contribution in [0.3, 0.4) is 0 Å². The Hall–Kier alpha value is -1.13. The van der Waals surface area contributed by atoms with Crippen molar-refractivity contribution in [3.63, 3.8) is 0 Å². The maximum Gasteiger partial charge on any atom is 0.213 e. The van der Waals surface area contributed by atoms with Gasteiger partial charge in [0.1, 0.15) is 6.61 Å². The van der Waals surface area contributed by atoms with Crippen molar-refractivity contribution >= 4 is 0 Å². The van der Waals surface area contributed by atoms with Crippen molar-refractivity contribution in [3.8, 4) is 5.88 Å². The lowest BCUT2D eigenvalue weighted by Crippen LogP contribution is -2.37. The monoisotopic (exact) mass is 236 g/mol. The highest BCUT2D eigenvalue weighted by Crippen LogP contribution is 2.17. The molecule has 1 N–H and O–H groups in total. The molecule has 17 heavy (non-hydrogen) atoms. The summed E-state index contributed by atoms with van der Waals surface area (Å²) in [7, 11) is 2.01. The first-order valence-corrected chi connectivity index (χ1v) is 6.17. The highest BCUT2D eigenvalue weighted by atomic mass is 16.5. The largest absolute Gasteiger partial charge is 0.476 e. The van der Waals surface area contributed by atoms with E-state index in [2.05, 4.69) is 16.8 Å². The van der Waals surface area contributed by atoms with Gasteiger partial charge < -0.3 is 9.84 Å². The zero-order valence-electron chi connectivity index (χ0n) is 10.5. The molecule has 0 aromatic carbocycles. The normalized spacial score (nSPS) is 25.1. The van der Waals surface area contributed by atoms with Gasteiger partial charge in [0.15, 0.2) is 0 Å². The fourth-order valence-corrected chi connectivity index (χ4v) is 2.13. The van der Waals surface area contributed by atoms with Gasteiger partial charge in [-0.2, -0.15) is 0 Å². The molecule has 1 fully saturated rings. The molecular weight excluding hydrogens is 216 g/mol. The summed E-state index contributed by atoms with van der Waals surface area (Å²) in [6, 6.07) is 5.89. The average Bonchev–Trinajstić information content (AvgIpc) is 2.67. The van der Waals surface area contributed by atoms with E-state index in [0.29, 0.717) is 12.5 Å². The van der Waals surface area contributed by atoms with Crippen molar-refractivity contribution in [1.82, 2.24) is 9.88 Å². The van der Waals surface area contributed by atoms with Crippen LogP contribution in [0.2, 0.25) is 0 Å². The Kier molecular flexibility index (Phi) is 3.97. The van der Waals surface area contributed by atoms with E-state index in [-0.39, 0.29) is 12.1 Å². The Labute approximate surface area is 102 Å². The van der Waals surface area contributed by atoms with Crippen molar-refractivity contribution < 1.29 is 9.84 Å². The zero-order valence-corrected chi connectivity index (χ0v) is 10.5. The number of aromatic nitrogens is 1. The molecule has 1 aliphatic heterocycles. The minimum absolute atomic E-state index is 0.0853. The molecule has 4 nitrogen and oxygen atoms in total. The van der Waals surface area contributed by atoms with Crippen molar-refractivity contribution in [2.75, 3.05) is 20.2 Å². The fourth-order valence-electron chi connectivity index (χ4n) is 2.13. The van der Waals surface area contributed by atoms with Crippen molar-refractivity contribution in [2.24, 2.45) is 0 Å². The minimum atomic E-state index is -0.283. The van der Waals surface area contributed by atoms with Crippen LogP contribution in [0.5, 0.6) is 5.88 Å². The van der Waals surface area contributed by atoms with Crippen LogP contribution in [0.1, 0.15) is 19.0 Å². The van der Waals surface area contributed by atoms with Gasteiger partial charge in [-0.15, -0.1) is 0 Å². The molecule has 0 radical (unpaired) electrons. The molecule has 94 valence electrons. The molecule has 1 aromatic rings. The number of aliphatic hydroxyl groups excluding tert-OH is 1. The number of aryl methyl sites for hydroxylation is 1. The average molecular weight is 236 g/mol. The molecule has 0 amide bonds. The second-order valence-corrected chi connectivity index (χ2v) is 4.54. The van der Waals surface area contributed by atoms with Crippen LogP contribution in [0.4, 0.5) is 0 Å². The van der Waals surface area contributed by atoms with Gasteiger partial charge in [-0.05, 0) is 26.0 Å². The standard InChI is InChI=1S/C13H20N2O2/c1-3-10-5-4-6-13(14-10)17-9-11-12(16)7-8-15(11)2/h4-6,11-12,16H,3,7-9H2,1-2H3. The summed E-state index contributed by atoms with van der Waals surface area (Å²) >= 11 is 0. The molecule has 2 rings (SSSR count). The summed E-state index contributed by atoms with van der Waals surface area (Å²) in [4.78, 5) is 6.51. The number of rotatable bonds is 4. The highest BCUT2D eigenvalue weighted by molar-refractivity contribution is 5.15. The lowest BCUT2D eigenvalue weighted by molar-refractivity contribution is 0.0885. The van der Waals surface area contributed by atoms with Crippen LogP contribution < -0.4 is 4.74 Å². The first-order valence-electron chi connectivity index (χ1n) is 6.17. The van der Waals surface area contributed by atoms with Gasteiger partial charge in [0, 0.05) is 18.3 Å². The number of ether oxygens (including phenoxy) is 1. The van der Waals surface area contributed by atoms with Crippen LogP contribution in [0, 0.1) is 0 Å². The van der Waals surface area contributed by atoms with Crippen molar-refractivity contribution in [1.29, 1.82) is 0 Å². The van der Waals surface area contributed by atoms with Crippen LogP contribution >= 0.6 is 0 Å². The first-order chi connectivity index (χ1) is 8.20. The predicted octanol–water partition coefficient (Wildman–Crippen LogP) is 1.09. The molecule has 2 heterocycles.